The molecule has 0 aromatic heterocycles. The summed E-state index contributed by atoms with van der Waals surface area (Å²) in [5, 5.41) is 12.9. The van der Waals surface area contributed by atoms with Crippen molar-refractivity contribution in [1.82, 2.24) is 5.32 Å². The summed E-state index contributed by atoms with van der Waals surface area (Å²) >= 11 is 0. The van der Waals surface area contributed by atoms with Gasteiger partial charge in [0.05, 0.1) is 6.10 Å². The summed E-state index contributed by atoms with van der Waals surface area (Å²) in [4.78, 5) is 0. The van der Waals surface area contributed by atoms with Gasteiger partial charge in [-0.05, 0) is 30.2 Å². The van der Waals surface area contributed by atoms with Gasteiger partial charge in [-0.25, -0.2) is 0 Å². The van der Waals surface area contributed by atoms with E-state index in [2.05, 4.69) is 10.1 Å². The lowest BCUT2D eigenvalue weighted by Gasteiger charge is -2.15. The van der Waals surface area contributed by atoms with Gasteiger partial charge in [-0.3, -0.25) is 0 Å². The van der Waals surface area contributed by atoms with Crippen LogP contribution in [0.5, 0.6) is 5.75 Å². The molecule has 108 valence electrons. The van der Waals surface area contributed by atoms with Crippen molar-refractivity contribution in [1.29, 1.82) is 0 Å². The largest absolute Gasteiger partial charge is 0.573 e. The van der Waals surface area contributed by atoms with Crippen LogP contribution in [-0.2, 0) is 0 Å². The lowest BCUT2D eigenvalue weighted by Crippen LogP contribution is -2.25. The zero-order valence-electron chi connectivity index (χ0n) is 10.9. The molecule has 0 saturated carbocycles. The average Bonchev–Trinajstić information content (AvgIpc) is 2.26. The van der Waals surface area contributed by atoms with E-state index in [0.717, 1.165) is 6.54 Å². The summed E-state index contributed by atoms with van der Waals surface area (Å²) in [6.45, 7) is 5.07. The van der Waals surface area contributed by atoms with Crippen molar-refractivity contribution in [2.45, 2.75) is 26.3 Å². The van der Waals surface area contributed by atoms with E-state index in [1.165, 1.54) is 18.2 Å². The Morgan fingerprint density at radius 2 is 1.95 bits per heavy atom. The molecular formula is C13H18F3NO2. The number of hydrogen-bond donors (Lipinski definition) is 2. The number of hydrogen-bond acceptors (Lipinski definition) is 3. The van der Waals surface area contributed by atoms with Crippen molar-refractivity contribution in [3.05, 3.63) is 29.8 Å². The highest BCUT2D eigenvalue weighted by molar-refractivity contribution is 5.30. The smallest absolute Gasteiger partial charge is 0.406 e. The summed E-state index contributed by atoms with van der Waals surface area (Å²) in [6, 6.07) is 5.37. The van der Waals surface area contributed by atoms with Gasteiger partial charge in [-0.15, -0.1) is 13.2 Å². The van der Waals surface area contributed by atoms with Crippen molar-refractivity contribution in [3.63, 3.8) is 0 Å². The second-order valence-corrected chi connectivity index (χ2v) is 4.69. The molecule has 1 aromatic carbocycles. The van der Waals surface area contributed by atoms with Crippen LogP contribution in [0.2, 0.25) is 0 Å². The molecule has 0 spiro atoms. The number of alkyl halides is 3. The van der Waals surface area contributed by atoms with Gasteiger partial charge < -0.3 is 15.2 Å². The van der Waals surface area contributed by atoms with Crippen molar-refractivity contribution < 1.29 is 23.0 Å². The summed E-state index contributed by atoms with van der Waals surface area (Å²) in [5.41, 5.74) is 0.387. The number of aliphatic hydroxyl groups excluding tert-OH is 1. The molecule has 3 nitrogen and oxygen atoms in total. The van der Waals surface area contributed by atoms with Crippen LogP contribution in [-0.4, -0.2) is 24.6 Å². The minimum Gasteiger partial charge on any atom is -0.406 e. The van der Waals surface area contributed by atoms with E-state index in [4.69, 9.17) is 0 Å². The third-order valence-corrected chi connectivity index (χ3v) is 2.37. The van der Waals surface area contributed by atoms with Gasteiger partial charge in [0.1, 0.15) is 5.75 Å². The van der Waals surface area contributed by atoms with Gasteiger partial charge in [0, 0.05) is 6.54 Å². The Labute approximate surface area is 110 Å². The molecule has 0 fully saturated rings. The highest BCUT2D eigenvalue weighted by Crippen LogP contribution is 2.25. The SMILES string of the molecule is CC(C)CNCC(O)c1cccc(OC(F)(F)F)c1. The van der Waals surface area contributed by atoms with Crippen LogP contribution in [0.3, 0.4) is 0 Å². The van der Waals surface area contributed by atoms with E-state index in [1.54, 1.807) is 6.07 Å². The van der Waals surface area contributed by atoms with E-state index in [0.29, 0.717) is 11.5 Å². The predicted molar refractivity (Wildman–Crippen MR) is 65.8 cm³/mol. The first kappa shape index (κ1) is 15.8. The Morgan fingerprint density at radius 1 is 1.26 bits per heavy atom. The van der Waals surface area contributed by atoms with Gasteiger partial charge in [0.2, 0.25) is 0 Å². The van der Waals surface area contributed by atoms with Crippen LogP contribution in [0.25, 0.3) is 0 Å². The summed E-state index contributed by atoms with van der Waals surface area (Å²) in [6.07, 6.45) is -5.59. The highest BCUT2D eigenvalue weighted by atomic mass is 19.4. The molecule has 19 heavy (non-hydrogen) atoms. The van der Waals surface area contributed by atoms with Crippen LogP contribution >= 0.6 is 0 Å². The van der Waals surface area contributed by atoms with Crippen LogP contribution in [0.1, 0.15) is 25.5 Å². The molecule has 0 heterocycles. The fourth-order valence-electron chi connectivity index (χ4n) is 1.55. The Morgan fingerprint density at radius 3 is 2.53 bits per heavy atom. The number of nitrogens with one attached hydrogen (secondary N) is 1. The zero-order chi connectivity index (χ0) is 14.5. The lowest BCUT2D eigenvalue weighted by atomic mass is 10.1. The van der Waals surface area contributed by atoms with Gasteiger partial charge in [0.25, 0.3) is 0 Å². The minimum absolute atomic E-state index is 0.285. The first-order chi connectivity index (χ1) is 8.78. The molecule has 6 heteroatoms. The average molecular weight is 277 g/mol. The molecular weight excluding hydrogens is 259 g/mol. The van der Waals surface area contributed by atoms with Crippen molar-refractivity contribution in [3.8, 4) is 5.75 Å². The van der Waals surface area contributed by atoms with E-state index < -0.39 is 12.5 Å². The lowest BCUT2D eigenvalue weighted by molar-refractivity contribution is -0.274. The van der Waals surface area contributed by atoms with E-state index in [1.807, 2.05) is 13.8 Å². The van der Waals surface area contributed by atoms with Gasteiger partial charge in [-0.1, -0.05) is 26.0 Å². The molecule has 1 unspecified atom stereocenters. The molecule has 0 aliphatic carbocycles. The second-order valence-electron chi connectivity index (χ2n) is 4.69. The van der Waals surface area contributed by atoms with Gasteiger partial charge in [0.15, 0.2) is 0 Å². The first-order valence-electron chi connectivity index (χ1n) is 6.02. The maximum Gasteiger partial charge on any atom is 0.573 e. The van der Waals surface area contributed by atoms with Gasteiger partial charge in [-0.2, -0.15) is 0 Å². The van der Waals surface area contributed by atoms with E-state index in [9.17, 15) is 18.3 Å². The molecule has 1 aromatic rings. The Hall–Kier alpha value is -1.27. The number of benzene rings is 1. The zero-order valence-corrected chi connectivity index (χ0v) is 10.9. The van der Waals surface area contributed by atoms with Gasteiger partial charge >= 0.3 is 6.36 Å². The Bertz CT molecular complexity index is 394. The highest BCUT2D eigenvalue weighted by Gasteiger charge is 2.31. The maximum absolute atomic E-state index is 12.1. The molecule has 0 aliphatic rings. The number of halogens is 3. The Balaban J connectivity index is 2.60. The van der Waals surface area contributed by atoms with Crippen LogP contribution in [0, 0.1) is 5.92 Å². The summed E-state index contributed by atoms with van der Waals surface area (Å²) in [5.74, 6) is 0.111. The van der Waals surface area contributed by atoms with E-state index >= 15 is 0 Å². The van der Waals surface area contributed by atoms with Crippen molar-refractivity contribution >= 4 is 0 Å². The molecule has 0 radical (unpaired) electrons. The quantitative estimate of drug-likeness (QED) is 0.840. The number of aliphatic hydroxyl groups is 1. The third kappa shape index (κ3) is 6.45. The number of ether oxygens (including phenoxy) is 1. The van der Waals surface area contributed by atoms with Crippen LogP contribution in [0.15, 0.2) is 24.3 Å². The first-order valence-corrected chi connectivity index (χ1v) is 6.02. The topological polar surface area (TPSA) is 41.5 Å². The normalized spacial score (nSPS) is 13.6. The monoisotopic (exact) mass is 277 g/mol. The molecule has 1 rings (SSSR count). The maximum atomic E-state index is 12.1. The third-order valence-electron chi connectivity index (χ3n) is 2.37. The molecule has 0 bridgehead atoms. The fourth-order valence-corrected chi connectivity index (χ4v) is 1.55. The predicted octanol–water partition coefficient (Wildman–Crippen LogP) is 2.86. The summed E-state index contributed by atoms with van der Waals surface area (Å²) < 4.78 is 40.0. The molecule has 1 atom stereocenters. The molecule has 2 N–H and O–H groups in total. The van der Waals surface area contributed by atoms with Crippen molar-refractivity contribution in [2.24, 2.45) is 5.92 Å². The van der Waals surface area contributed by atoms with Crippen molar-refractivity contribution in [2.75, 3.05) is 13.1 Å². The number of rotatable bonds is 6. The molecule has 0 aliphatic heterocycles. The fraction of sp³-hybridized carbons (Fsp3) is 0.538. The molecule has 0 amide bonds. The minimum atomic E-state index is -4.72. The standard InChI is InChI=1S/C13H18F3NO2/c1-9(2)7-17-8-12(18)10-4-3-5-11(6-10)19-13(14,15)16/h3-6,9,12,17-18H,7-8H2,1-2H3. The Kier molecular flexibility index (Phi) is 5.62. The van der Waals surface area contributed by atoms with E-state index in [-0.39, 0.29) is 12.3 Å². The summed E-state index contributed by atoms with van der Waals surface area (Å²) in [7, 11) is 0. The van der Waals surface area contributed by atoms with Crippen LogP contribution in [0.4, 0.5) is 13.2 Å². The van der Waals surface area contributed by atoms with Crippen LogP contribution < -0.4 is 10.1 Å². The molecule has 0 saturated heterocycles. The second kappa shape index (κ2) is 6.77.